The number of nitrogens with zero attached hydrogens (tertiary/aromatic N) is 1. The molecule has 1 unspecified atom stereocenters. The van der Waals surface area contributed by atoms with E-state index in [-0.39, 0.29) is 11.3 Å². The van der Waals surface area contributed by atoms with Gasteiger partial charge in [0.05, 0.1) is 12.0 Å². The Kier molecular flexibility index (Phi) is 4.96. The first-order valence-electron chi connectivity index (χ1n) is 8.77. The molecule has 1 aliphatic rings. The molecule has 1 aliphatic carbocycles. The van der Waals surface area contributed by atoms with Gasteiger partial charge in [-0.1, -0.05) is 51.1 Å². The van der Waals surface area contributed by atoms with Crippen LogP contribution in [-0.2, 0) is 24.1 Å². The molecule has 4 heteroatoms. The summed E-state index contributed by atoms with van der Waals surface area (Å²) in [6.45, 7) is 6.85. The minimum absolute atomic E-state index is 0.0614. The third kappa shape index (κ3) is 3.93. The zero-order valence-electron chi connectivity index (χ0n) is 15.1. The van der Waals surface area contributed by atoms with Gasteiger partial charge in [-0.3, -0.25) is 4.79 Å². The zero-order valence-corrected chi connectivity index (χ0v) is 15.9. The monoisotopic (exact) mass is 352 g/mol. The van der Waals surface area contributed by atoms with Gasteiger partial charge < -0.3 is 5.32 Å². The van der Waals surface area contributed by atoms with Crippen molar-refractivity contribution in [3.05, 3.63) is 51.9 Å². The molecule has 0 fully saturated rings. The molecule has 1 heterocycles. The van der Waals surface area contributed by atoms with Crippen LogP contribution in [-0.4, -0.2) is 5.91 Å². The van der Waals surface area contributed by atoms with Crippen LogP contribution >= 0.6 is 11.3 Å². The molecular weight excluding hydrogens is 328 g/mol. The van der Waals surface area contributed by atoms with E-state index in [9.17, 15) is 10.1 Å². The average molecular weight is 353 g/mol. The molecule has 1 amide bonds. The van der Waals surface area contributed by atoms with Crippen molar-refractivity contribution < 1.29 is 4.79 Å². The lowest BCUT2D eigenvalue weighted by atomic mass is 9.72. The molecule has 0 aliphatic heterocycles. The Bertz CT molecular complexity index is 809. The second kappa shape index (κ2) is 7.01. The number of benzene rings is 1. The van der Waals surface area contributed by atoms with Gasteiger partial charge in [-0.25, -0.2) is 0 Å². The lowest BCUT2D eigenvalue weighted by Gasteiger charge is -2.33. The minimum atomic E-state index is -0.0614. The quantitative estimate of drug-likeness (QED) is 0.849. The lowest BCUT2D eigenvalue weighted by molar-refractivity contribution is -0.115. The molecule has 25 heavy (non-hydrogen) atoms. The molecule has 0 saturated carbocycles. The van der Waals surface area contributed by atoms with Crippen LogP contribution in [0.2, 0.25) is 0 Å². The first-order valence-corrected chi connectivity index (χ1v) is 9.58. The zero-order chi connectivity index (χ0) is 18.0. The van der Waals surface area contributed by atoms with Gasteiger partial charge in [0.1, 0.15) is 11.1 Å². The van der Waals surface area contributed by atoms with E-state index in [2.05, 4.69) is 32.2 Å². The van der Waals surface area contributed by atoms with Crippen LogP contribution in [0.15, 0.2) is 30.3 Å². The number of amides is 1. The van der Waals surface area contributed by atoms with Gasteiger partial charge in [-0.15, -0.1) is 11.3 Å². The number of carbonyl (C=O) groups excluding carboxylic acids is 1. The highest BCUT2D eigenvalue weighted by Gasteiger charge is 2.32. The van der Waals surface area contributed by atoms with Crippen LogP contribution in [0.5, 0.6) is 0 Å². The summed E-state index contributed by atoms with van der Waals surface area (Å²) < 4.78 is 0. The van der Waals surface area contributed by atoms with E-state index in [1.54, 1.807) is 11.3 Å². The van der Waals surface area contributed by atoms with Crippen LogP contribution in [0, 0.1) is 22.7 Å². The van der Waals surface area contributed by atoms with E-state index in [1.165, 1.54) is 4.88 Å². The fourth-order valence-corrected chi connectivity index (χ4v) is 4.78. The number of fused-ring (bicyclic) bond motifs is 1. The number of rotatable bonds is 3. The fourth-order valence-electron chi connectivity index (χ4n) is 3.48. The number of nitrogens with one attached hydrogen (secondary N) is 1. The Morgan fingerprint density at radius 3 is 2.68 bits per heavy atom. The molecule has 2 aromatic rings. The summed E-state index contributed by atoms with van der Waals surface area (Å²) in [5, 5.41) is 13.3. The Morgan fingerprint density at radius 1 is 1.32 bits per heavy atom. The number of anilines is 1. The average Bonchev–Trinajstić information content (AvgIpc) is 2.90. The van der Waals surface area contributed by atoms with Gasteiger partial charge in [-0.05, 0) is 41.7 Å². The summed E-state index contributed by atoms with van der Waals surface area (Å²) in [6, 6.07) is 12.0. The van der Waals surface area contributed by atoms with Crippen molar-refractivity contribution in [3.63, 3.8) is 0 Å². The van der Waals surface area contributed by atoms with E-state index in [0.29, 0.717) is 17.9 Å². The SMILES string of the molecule is CC(C)(C)C1CCc2c(sc(NC(=O)Cc3ccccc3)c2C#N)C1. The predicted octanol–water partition coefficient (Wildman–Crippen LogP) is 4.95. The number of hydrogen-bond acceptors (Lipinski definition) is 3. The van der Waals surface area contributed by atoms with Crippen molar-refractivity contribution in [3.8, 4) is 6.07 Å². The van der Waals surface area contributed by atoms with Gasteiger partial charge in [0, 0.05) is 4.88 Å². The van der Waals surface area contributed by atoms with Crippen molar-refractivity contribution in [1.29, 1.82) is 5.26 Å². The van der Waals surface area contributed by atoms with Gasteiger partial charge in [0.25, 0.3) is 0 Å². The maximum Gasteiger partial charge on any atom is 0.229 e. The van der Waals surface area contributed by atoms with E-state index in [1.807, 2.05) is 30.3 Å². The lowest BCUT2D eigenvalue weighted by Crippen LogP contribution is -2.26. The summed E-state index contributed by atoms with van der Waals surface area (Å²) in [5.41, 5.74) is 3.08. The fraction of sp³-hybridized carbons (Fsp3) is 0.429. The van der Waals surface area contributed by atoms with Crippen molar-refractivity contribution >= 4 is 22.2 Å². The van der Waals surface area contributed by atoms with Crippen molar-refractivity contribution in [2.45, 2.75) is 46.5 Å². The summed E-state index contributed by atoms with van der Waals surface area (Å²) in [5.74, 6) is 0.562. The highest BCUT2D eigenvalue weighted by atomic mass is 32.1. The maximum absolute atomic E-state index is 12.4. The van der Waals surface area contributed by atoms with Crippen molar-refractivity contribution in [1.82, 2.24) is 0 Å². The molecule has 1 aromatic heterocycles. The summed E-state index contributed by atoms with van der Waals surface area (Å²) in [6.07, 6.45) is 3.39. The Hall–Kier alpha value is -2.12. The molecule has 0 radical (unpaired) electrons. The largest absolute Gasteiger partial charge is 0.316 e. The van der Waals surface area contributed by atoms with Gasteiger partial charge in [0.2, 0.25) is 5.91 Å². The van der Waals surface area contributed by atoms with Crippen molar-refractivity contribution in [2.75, 3.05) is 5.32 Å². The molecule has 1 aromatic carbocycles. The molecule has 1 N–H and O–H groups in total. The second-order valence-electron chi connectivity index (χ2n) is 7.84. The number of hydrogen-bond donors (Lipinski definition) is 1. The Morgan fingerprint density at radius 2 is 2.04 bits per heavy atom. The van der Waals surface area contributed by atoms with Crippen LogP contribution in [0.3, 0.4) is 0 Å². The standard InChI is InChI=1S/C21H24N2OS/c1-21(2,3)15-9-10-16-17(13-22)20(25-18(16)12-15)23-19(24)11-14-7-5-4-6-8-14/h4-8,15H,9-12H2,1-3H3,(H,23,24). The van der Waals surface area contributed by atoms with Crippen molar-refractivity contribution in [2.24, 2.45) is 11.3 Å². The van der Waals surface area contributed by atoms with Gasteiger partial charge >= 0.3 is 0 Å². The van der Waals surface area contributed by atoms with Crippen LogP contribution < -0.4 is 5.32 Å². The van der Waals surface area contributed by atoms with E-state index in [0.717, 1.165) is 35.4 Å². The van der Waals surface area contributed by atoms with Gasteiger partial charge in [-0.2, -0.15) is 5.26 Å². The van der Waals surface area contributed by atoms with E-state index < -0.39 is 0 Å². The molecule has 0 spiro atoms. The summed E-state index contributed by atoms with van der Waals surface area (Å²) in [4.78, 5) is 13.6. The predicted molar refractivity (Wildman–Crippen MR) is 103 cm³/mol. The third-order valence-electron chi connectivity index (χ3n) is 5.06. The van der Waals surface area contributed by atoms with Crippen LogP contribution in [0.4, 0.5) is 5.00 Å². The molecule has 0 saturated heterocycles. The molecule has 0 bridgehead atoms. The number of nitriles is 1. The molecule has 1 atom stereocenters. The Labute approximate surface area is 153 Å². The number of thiophene rings is 1. The topological polar surface area (TPSA) is 52.9 Å². The molecule has 3 rings (SSSR count). The first kappa shape index (κ1) is 17.7. The van der Waals surface area contributed by atoms with Crippen LogP contribution in [0.1, 0.15) is 48.8 Å². The van der Waals surface area contributed by atoms with E-state index in [4.69, 9.17) is 0 Å². The molecule has 3 nitrogen and oxygen atoms in total. The Balaban J connectivity index is 1.78. The molecule has 130 valence electrons. The molecular formula is C21H24N2OS. The first-order chi connectivity index (χ1) is 11.9. The summed E-state index contributed by atoms with van der Waals surface area (Å²) >= 11 is 1.59. The number of carbonyl (C=O) groups is 1. The second-order valence-corrected chi connectivity index (χ2v) is 8.94. The highest BCUT2D eigenvalue weighted by molar-refractivity contribution is 7.16. The smallest absolute Gasteiger partial charge is 0.229 e. The van der Waals surface area contributed by atoms with Crippen LogP contribution in [0.25, 0.3) is 0 Å². The highest BCUT2D eigenvalue weighted by Crippen LogP contribution is 2.43. The summed E-state index contributed by atoms with van der Waals surface area (Å²) in [7, 11) is 0. The van der Waals surface area contributed by atoms with E-state index >= 15 is 0 Å². The third-order valence-corrected chi connectivity index (χ3v) is 6.23. The van der Waals surface area contributed by atoms with Gasteiger partial charge in [0.15, 0.2) is 0 Å². The maximum atomic E-state index is 12.4. The minimum Gasteiger partial charge on any atom is -0.316 e. The normalized spacial score (nSPS) is 16.8.